The molecular weight excluding hydrogens is 434 g/mol. The largest absolute Gasteiger partial charge is 0.383 e. The molecule has 0 saturated carbocycles. The van der Waals surface area contributed by atoms with Crippen LogP contribution in [0.4, 0.5) is 11.4 Å². The van der Waals surface area contributed by atoms with Crippen molar-refractivity contribution < 1.29 is 17.1 Å². The van der Waals surface area contributed by atoms with Crippen molar-refractivity contribution >= 4 is 11.4 Å². The molecule has 0 unspecified atom stereocenters. The third-order valence-corrected chi connectivity index (χ3v) is 5.95. The minimum absolute atomic E-state index is 0. The minimum atomic E-state index is 0. The van der Waals surface area contributed by atoms with E-state index in [0.717, 1.165) is 26.2 Å². The summed E-state index contributed by atoms with van der Waals surface area (Å²) >= 11 is 0. The molecule has 0 fully saturated rings. The molecule has 0 amide bonds. The van der Waals surface area contributed by atoms with Crippen LogP contribution in [0.25, 0.3) is 0 Å². The van der Waals surface area contributed by atoms with Crippen LogP contribution in [-0.4, -0.2) is 26.2 Å². The van der Waals surface area contributed by atoms with Crippen LogP contribution in [0.2, 0.25) is 0 Å². The van der Waals surface area contributed by atoms with E-state index in [1.165, 1.54) is 33.6 Å². The van der Waals surface area contributed by atoms with Crippen LogP contribution in [0.1, 0.15) is 101 Å². The third-order valence-electron chi connectivity index (χ3n) is 5.95. The molecule has 32 heavy (non-hydrogen) atoms. The van der Waals surface area contributed by atoms with Crippen LogP contribution in [0.3, 0.4) is 0 Å². The van der Waals surface area contributed by atoms with Crippen LogP contribution < -0.4 is 16.0 Å². The van der Waals surface area contributed by atoms with E-state index in [2.05, 4.69) is 108 Å². The number of anilines is 2. The Balaban J connectivity index is 0.00000512. The van der Waals surface area contributed by atoms with Gasteiger partial charge in [-0.1, -0.05) is 91.8 Å². The second-order valence-corrected chi connectivity index (χ2v) is 9.85. The normalized spacial score (nSPS) is 11.4. The van der Waals surface area contributed by atoms with Gasteiger partial charge in [0.2, 0.25) is 0 Å². The maximum Gasteiger partial charge on any atom is 0.0410 e. The van der Waals surface area contributed by atoms with E-state index in [4.69, 9.17) is 0 Å². The maximum atomic E-state index is 3.72. The monoisotopic (exact) mass is 479 g/mol. The summed E-state index contributed by atoms with van der Waals surface area (Å²) in [5.41, 5.74) is 8.33. The Labute approximate surface area is 208 Å². The summed E-state index contributed by atoms with van der Waals surface area (Å²) in [6.45, 7) is 22.0. The van der Waals surface area contributed by atoms with Gasteiger partial charge in [0.15, 0.2) is 0 Å². The Kier molecular flexibility index (Phi) is 12.4. The molecule has 0 heterocycles. The zero-order chi connectivity index (χ0) is 23.0. The van der Waals surface area contributed by atoms with Gasteiger partial charge in [0.25, 0.3) is 0 Å². The summed E-state index contributed by atoms with van der Waals surface area (Å²) in [7, 11) is 0. The van der Waals surface area contributed by atoms with E-state index in [0.29, 0.717) is 23.7 Å². The van der Waals surface area contributed by atoms with Crippen LogP contribution >= 0.6 is 0 Å². The van der Waals surface area contributed by atoms with Gasteiger partial charge >= 0.3 is 0 Å². The fourth-order valence-corrected chi connectivity index (χ4v) is 4.19. The molecule has 0 atom stereocenters. The minimum Gasteiger partial charge on any atom is -0.383 e. The van der Waals surface area contributed by atoms with Gasteiger partial charge in [0, 0.05) is 54.6 Å². The van der Waals surface area contributed by atoms with E-state index < -0.39 is 0 Å². The molecule has 2 aromatic carbocycles. The Morgan fingerprint density at radius 1 is 0.500 bits per heavy atom. The first kappa shape index (κ1) is 28.6. The van der Waals surface area contributed by atoms with Crippen LogP contribution in [0.5, 0.6) is 0 Å². The predicted octanol–water partition coefficient (Wildman–Crippen LogP) is 7.29. The van der Waals surface area contributed by atoms with E-state index in [9.17, 15) is 0 Å². The summed E-state index contributed by atoms with van der Waals surface area (Å²) in [6, 6.07) is 13.4. The summed E-state index contributed by atoms with van der Waals surface area (Å²) in [6.07, 6.45) is 0. The fraction of sp³-hybridized carbons (Fsp3) is 0.571. The summed E-state index contributed by atoms with van der Waals surface area (Å²) in [5.74, 6) is 2.09. The van der Waals surface area contributed by atoms with Crippen molar-refractivity contribution in [2.24, 2.45) is 0 Å². The SMILES string of the molecule is CC(C)c1cccc(C(C)C)c1NCCNCCNc1c(C(C)C)cccc1C(C)C.[Fe]. The quantitative estimate of drug-likeness (QED) is 0.221. The van der Waals surface area contributed by atoms with E-state index in [1.54, 1.807) is 0 Å². The molecule has 0 spiro atoms. The Morgan fingerprint density at radius 2 is 0.781 bits per heavy atom. The third kappa shape index (κ3) is 7.83. The van der Waals surface area contributed by atoms with Crippen molar-refractivity contribution in [2.45, 2.75) is 79.1 Å². The zero-order valence-electron chi connectivity index (χ0n) is 21.5. The first-order valence-electron chi connectivity index (χ1n) is 12.2. The molecule has 3 N–H and O–H groups in total. The van der Waals surface area contributed by atoms with Crippen molar-refractivity contribution in [3.8, 4) is 0 Å². The van der Waals surface area contributed by atoms with Gasteiger partial charge in [0.1, 0.15) is 0 Å². The van der Waals surface area contributed by atoms with Crippen molar-refractivity contribution in [1.29, 1.82) is 0 Å². The topological polar surface area (TPSA) is 36.1 Å². The van der Waals surface area contributed by atoms with Gasteiger partial charge in [-0.3, -0.25) is 0 Å². The number of para-hydroxylation sites is 2. The molecule has 0 aliphatic heterocycles. The van der Waals surface area contributed by atoms with Crippen molar-refractivity contribution in [2.75, 3.05) is 36.8 Å². The number of hydrogen-bond donors (Lipinski definition) is 3. The van der Waals surface area contributed by atoms with Gasteiger partial charge in [-0.05, 0) is 45.9 Å². The first-order chi connectivity index (χ1) is 14.7. The van der Waals surface area contributed by atoms with Gasteiger partial charge in [-0.2, -0.15) is 0 Å². The summed E-state index contributed by atoms with van der Waals surface area (Å²) in [4.78, 5) is 0. The molecule has 0 saturated heterocycles. The number of nitrogens with one attached hydrogen (secondary N) is 3. The van der Waals surface area contributed by atoms with Crippen molar-refractivity contribution in [3.63, 3.8) is 0 Å². The summed E-state index contributed by atoms with van der Waals surface area (Å²) in [5, 5.41) is 11.0. The predicted molar refractivity (Wildman–Crippen MR) is 139 cm³/mol. The van der Waals surface area contributed by atoms with E-state index in [1.807, 2.05) is 0 Å². The Bertz CT molecular complexity index is 692. The van der Waals surface area contributed by atoms with Crippen molar-refractivity contribution in [3.05, 3.63) is 58.7 Å². The number of benzene rings is 2. The second kappa shape index (κ2) is 13.9. The Morgan fingerprint density at radius 3 is 1.03 bits per heavy atom. The fourth-order valence-electron chi connectivity index (χ4n) is 4.19. The standard InChI is InChI=1S/C28H45N3.Fe/c1-19(2)23-11-9-12-24(20(3)4)27(23)30-17-15-29-16-18-31-28-25(21(5)6)13-10-14-26(28)22(7)8;/h9-14,19-22,29-31H,15-18H2,1-8H3;. The average Bonchev–Trinajstić information content (AvgIpc) is 2.72. The smallest absolute Gasteiger partial charge is 0.0410 e. The van der Waals surface area contributed by atoms with E-state index in [-0.39, 0.29) is 17.1 Å². The van der Waals surface area contributed by atoms with Gasteiger partial charge in [0.05, 0.1) is 0 Å². The molecular formula is C28H45FeN3. The molecule has 0 aromatic heterocycles. The maximum absolute atomic E-state index is 3.72. The molecule has 180 valence electrons. The summed E-state index contributed by atoms with van der Waals surface area (Å²) < 4.78 is 0. The van der Waals surface area contributed by atoms with Gasteiger partial charge < -0.3 is 16.0 Å². The molecule has 0 aliphatic carbocycles. The van der Waals surface area contributed by atoms with Gasteiger partial charge in [-0.25, -0.2) is 0 Å². The molecule has 0 bridgehead atoms. The van der Waals surface area contributed by atoms with Crippen LogP contribution in [0, 0.1) is 0 Å². The number of hydrogen-bond acceptors (Lipinski definition) is 3. The molecule has 0 radical (unpaired) electrons. The number of rotatable bonds is 12. The second-order valence-electron chi connectivity index (χ2n) is 9.85. The Hall–Kier alpha value is -1.48. The molecule has 0 aliphatic rings. The average molecular weight is 480 g/mol. The van der Waals surface area contributed by atoms with Gasteiger partial charge in [-0.15, -0.1) is 0 Å². The van der Waals surface area contributed by atoms with E-state index >= 15 is 0 Å². The molecule has 3 nitrogen and oxygen atoms in total. The van der Waals surface area contributed by atoms with Crippen molar-refractivity contribution in [1.82, 2.24) is 5.32 Å². The molecule has 4 heteroatoms. The zero-order valence-corrected chi connectivity index (χ0v) is 22.6. The molecule has 2 aromatic rings. The van der Waals surface area contributed by atoms with Crippen LogP contribution in [-0.2, 0) is 17.1 Å². The van der Waals surface area contributed by atoms with Crippen LogP contribution in [0.15, 0.2) is 36.4 Å². The molecule has 2 rings (SSSR count). The first-order valence-corrected chi connectivity index (χ1v) is 12.2.